The Labute approximate surface area is 108 Å². The van der Waals surface area contributed by atoms with Crippen LogP contribution in [0.2, 0.25) is 0 Å². The van der Waals surface area contributed by atoms with E-state index in [-0.39, 0.29) is 12.5 Å². The van der Waals surface area contributed by atoms with Gasteiger partial charge in [-0.3, -0.25) is 4.79 Å². The molecule has 0 bridgehead atoms. The molecule has 18 heavy (non-hydrogen) atoms. The van der Waals surface area contributed by atoms with Crippen molar-refractivity contribution in [3.63, 3.8) is 0 Å². The Kier molecular flexibility index (Phi) is 3.71. The fourth-order valence-electron chi connectivity index (χ4n) is 2.56. The fraction of sp³-hybridized carbons (Fsp3) is 0.533. The zero-order valence-corrected chi connectivity index (χ0v) is 11.1. The van der Waals surface area contributed by atoms with E-state index in [9.17, 15) is 9.90 Å². The van der Waals surface area contributed by atoms with Gasteiger partial charge in [-0.15, -0.1) is 0 Å². The molecule has 0 aromatic heterocycles. The lowest BCUT2D eigenvalue weighted by atomic mass is 9.68. The maximum atomic E-state index is 12.4. The van der Waals surface area contributed by atoms with Crippen LogP contribution in [-0.2, 0) is 11.3 Å². The average Bonchev–Trinajstić information content (AvgIpc) is 2.31. The van der Waals surface area contributed by atoms with Gasteiger partial charge < -0.3 is 10.0 Å². The standard InChI is InChI=1S/C15H21NO2/c1-12-6-3-4-7-13(12)10-16(2)14(18)15(11-17)8-5-9-15/h3-4,6-7,17H,5,8-11H2,1-2H3. The Hall–Kier alpha value is -1.35. The number of carbonyl (C=O) groups excluding carboxylic acids is 1. The monoisotopic (exact) mass is 247 g/mol. The molecule has 98 valence electrons. The third kappa shape index (κ3) is 2.27. The zero-order chi connectivity index (χ0) is 13.2. The van der Waals surface area contributed by atoms with Crippen LogP contribution in [0.15, 0.2) is 24.3 Å². The molecule has 0 aliphatic heterocycles. The minimum atomic E-state index is -0.489. The maximum Gasteiger partial charge on any atom is 0.231 e. The van der Waals surface area contributed by atoms with E-state index in [2.05, 4.69) is 13.0 Å². The second-order valence-corrected chi connectivity index (χ2v) is 5.38. The molecule has 1 aromatic rings. The van der Waals surface area contributed by atoms with Crippen LogP contribution in [0.5, 0.6) is 0 Å². The summed E-state index contributed by atoms with van der Waals surface area (Å²) in [6, 6.07) is 8.10. The van der Waals surface area contributed by atoms with E-state index in [1.165, 1.54) is 11.1 Å². The van der Waals surface area contributed by atoms with Gasteiger partial charge in [-0.05, 0) is 30.9 Å². The van der Waals surface area contributed by atoms with Crippen molar-refractivity contribution in [3.05, 3.63) is 35.4 Å². The summed E-state index contributed by atoms with van der Waals surface area (Å²) < 4.78 is 0. The number of hydrogen-bond donors (Lipinski definition) is 1. The first-order valence-electron chi connectivity index (χ1n) is 6.50. The van der Waals surface area contributed by atoms with Gasteiger partial charge in [-0.25, -0.2) is 0 Å². The number of carbonyl (C=O) groups is 1. The van der Waals surface area contributed by atoms with Crippen molar-refractivity contribution in [2.24, 2.45) is 5.41 Å². The van der Waals surface area contributed by atoms with E-state index in [1.807, 2.05) is 25.2 Å². The first kappa shape index (κ1) is 13.1. The third-order valence-corrected chi connectivity index (χ3v) is 4.08. The van der Waals surface area contributed by atoms with Crippen LogP contribution in [0.25, 0.3) is 0 Å². The Balaban J connectivity index is 2.06. The van der Waals surface area contributed by atoms with E-state index in [1.54, 1.807) is 4.90 Å². The lowest BCUT2D eigenvalue weighted by molar-refractivity contribution is -0.150. The van der Waals surface area contributed by atoms with Crippen LogP contribution in [-0.4, -0.2) is 29.6 Å². The molecule has 1 amide bonds. The summed E-state index contributed by atoms with van der Waals surface area (Å²) in [5.41, 5.74) is 1.88. The van der Waals surface area contributed by atoms with Crippen molar-refractivity contribution in [3.8, 4) is 0 Å². The molecule has 1 saturated carbocycles. The molecule has 0 spiro atoms. The number of aliphatic hydroxyl groups excluding tert-OH is 1. The zero-order valence-electron chi connectivity index (χ0n) is 11.1. The van der Waals surface area contributed by atoms with Gasteiger partial charge in [0.05, 0.1) is 12.0 Å². The Bertz CT molecular complexity index is 432. The number of aliphatic hydroxyl groups is 1. The molecule has 1 aliphatic carbocycles. The molecule has 1 aliphatic rings. The summed E-state index contributed by atoms with van der Waals surface area (Å²) in [6.07, 6.45) is 2.69. The van der Waals surface area contributed by atoms with Gasteiger partial charge in [0.15, 0.2) is 0 Å². The van der Waals surface area contributed by atoms with Crippen LogP contribution < -0.4 is 0 Å². The first-order valence-corrected chi connectivity index (χ1v) is 6.50. The predicted octanol–water partition coefficient (Wildman–Crippen LogP) is 2.12. The SMILES string of the molecule is Cc1ccccc1CN(C)C(=O)C1(CO)CCC1. The molecule has 0 radical (unpaired) electrons. The van der Waals surface area contributed by atoms with Crippen molar-refractivity contribution in [1.29, 1.82) is 0 Å². The van der Waals surface area contributed by atoms with Crippen molar-refractivity contribution < 1.29 is 9.90 Å². The molecular weight excluding hydrogens is 226 g/mol. The normalized spacial score (nSPS) is 17.1. The van der Waals surface area contributed by atoms with E-state index >= 15 is 0 Å². The van der Waals surface area contributed by atoms with Gasteiger partial charge in [0, 0.05) is 13.6 Å². The van der Waals surface area contributed by atoms with Gasteiger partial charge in [0.1, 0.15) is 0 Å². The Morgan fingerprint density at radius 2 is 2.06 bits per heavy atom. The topological polar surface area (TPSA) is 40.5 Å². The Morgan fingerprint density at radius 3 is 2.56 bits per heavy atom. The molecule has 2 rings (SSSR count). The second kappa shape index (κ2) is 5.11. The molecule has 0 heterocycles. The van der Waals surface area contributed by atoms with Gasteiger partial charge in [-0.2, -0.15) is 0 Å². The van der Waals surface area contributed by atoms with E-state index in [0.29, 0.717) is 6.54 Å². The van der Waals surface area contributed by atoms with Crippen LogP contribution in [0.4, 0.5) is 0 Å². The molecule has 1 N–H and O–H groups in total. The number of benzene rings is 1. The highest BCUT2D eigenvalue weighted by molar-refractivity contribution is 5.83. The largest absolute Gasteiger partial charge is 0.395 e. The molecule has 0 saturated heterocycles. The van der Waals surface area contributed by atoms with Crippen molar-refractivity contribution in [1.82, 2.24) is 4.90 Å². The predicted molar refractivity (Wildman–Crippen MR) is 71.0 cm³/mol. The highest BCUT2D eigenvalue weighted by atomic mass is 16.3. The smallest absolute Gasteiger partial charge is 0.231 e. The van der Waals surface area contributed by atoms with Crippen LogP contribution in [0, 0.1) is 12.3 Å². The summed E-state index contributed by atoms with van der Waals surface area (Å²) in [5, 5.41) is 9.43. The fourth-order valence-corrected chi connectivity index (χ4v) is 2.56. The van der Waals surface area contributed by atoms with Gasteiger partial charge in [0.25, 0.3) is 0 Å². The van der Waals surface area contributed by atoms with Crippen molar-refractivity contribution >= 4 is 5.91 Å². The summed E-state index contributed by atoms with van der Waals surface area (Å²) in [4.78, 5) is 14.1. The molecule has 0 atom stereocenters. The minimum absolute atomic E-state index is 0.0239. The molecular formula is C15H21NO2. The van der Waals surface area contributed by atoms with Crippen LogP contribution in [0.1, 0.15) is 30.4 Å². The summed E-state index contributed by atoms with van der Waals surface area (Å²) >= 11 is 0. The third-order valence-electron chi connectivity index (χ3n) is 4.08. The second-order valence-electron chi connectivity index (χ2n) is 5.38. The highest BCUT2D eigenvalue weighted by Crippen LogP contribution is 2.42. The number of aryl methyl sites for hydroxylation is 1. The number of amides is 1. The molecule has 3 nitrogen and oxygen atoms in total. The van der Waals surface area contributed by atoms with E-state index in [0.717, 1.165) is 19.3 Å². The van der Waals surface area contributed by atoms with Crippen LogP contribution >= 0.6 is 0 Å². The summed E-state index contributed by atoms with van der Waals surface area (Å²) in [5.74, 6) is 0.0829. The Morgan fingerprint density at radius 1 is 1.39 bits per heavy atom. The molecule has 1 aromatic carbocycles. The molecule has 0 unspecified atom stereocenters. The summed E-state index contributed by atoms with van der Waals surface area (Å²) in [7, 11) is 1.82. The summed E-state index contributed by atoms with van der Waals surface area (Å²) in [6.45, 7) is 2.65. The first-order chi connectivity index (χ1) is 8.59. The van der Waals surface area contributed by atoms with Gasteiger partial charge in [0.2, 0.25) is 5.91 Å². The lowest BCUT2D eigenvalue weighted by Gasteiger charge is -2.41. The minimum Gasteiger partial charge on any atom is -0.395 e. The van der Waals surface area contributed by atoms with E-state index in [4.69, 9.17) is 0 Å². The van der Waals surface area contributed by atoms with Gasteiger partial charge in [-0.1, -0.05) is 30.7 Å². The maximum absolute atomic E-state index is 12.4. The van der Waals surface area contributed by atoms with E-state index < -0.39 is 5.41 Å². The number of rotatable bonds is 4. The lowest BCUT2D eigenvalue weighted by Crippen LogP contribution is -2.48. The van der Waals surface area contributed by atoms with Crippen molar-refractivity contribution in [2.45, 2.75) is 32.7 Å². The van der Waals surface area contributed by atoms with Crippen LogP contribution in [0.3, 0.4) is 0 Å². The number of nitrogens with zero attached hydrogens (tertiary/aromatic N) is 1. The number of hydrogen-bond acceptors (Lipinski definition) is 2. The quantitative estimate of drug-likeness (QED) is 0.885. The average molecular weight is 247 g/mol. The van der Waals surface area contributed by atoms with Gasteiger partial charge >= 0.3 is 0 Å². The molecule has 3 heteroatoms. The van der Waals surface area contributed by atoms with Crippen molar-refractivity contribution in [2.75, 3.05) is 13.7 Å². The highest BCUT2D eigenvalue weighted by Gasteiger charge is 2.45. The molecule has 1 fully saturated rings.